The van der Waals surface area contributed by atoms with Crippen LogP contribution in [0.2, 0.25) is 0 Å². The lowest BCUT2D eigenvalue weighted by molar-refractivity contribution is -0.139. The number of aryl methyl sites for hydroxylation is 1. The van der Waals surface area contributed by atoms with E-state index in [9.17, 15) is 22.8 Å². The lowest BCUT2D eigenvalue weighted by atomic mass is 10.1. The molecule has 10 nitrogen and oxygen atoms in total. The van der Waals surface area contributed by atoms with Gasteiger partial charge in [-0.1, -0.05) is 11.3 Å². The monoisotopic (exact) mass is 548 g/mol. The number of nitrogens with zero attached hydrogens (tertiary/aromatic N) is 5. The number of amides is 1. The molecular weight excluding hydrogens is 525 g/mol. The number of pyridine rings is 2. The van der Waals surface area contributed by atoms with Crippen molar-refractivity contribution < 1.29 is 27.4 Å². The molecule has 0 bridgehead atoms. The Labute approximate surface area is 217 Å². The van der Waals surface area contributed by atoms with Crippen molar-refractivity contribution >= 4 is 38.6 Å². The van der Waals surface area contributed by atoms with E-state index in [4.69, 9.17) is 9.47 Å². The summed E-state index contributed by atoms with van der Waals surface area (Å²) in [6.45, 7) is 7.52. The van der Waals surface area contributed by atoms with Gasteiger partial charge in [-0.15, -0.1) is 0 Å². The molecule has 0 aromatic carbocycles. The molecule has 1 N–H and O–H groups in total. The SMILES string of the molecule is Cc1nc2cc(C(F)(F)F)c(C(C)Oc3ccc4nc(C(=O)N5C[C@@H](C)O[C@@H](C)C5)sc4n3)nc2c(=O)[nH]1. The molecule has 38 heavy (non-hydrogen) atoms. The average Bonchev–Trinajstić information content (AvgIpc) is 3.25. The highest BCUT2D eigenvalue weighted by Gasteiger charge is 2.37. The molecule has 5 rings (SSSR count). The van der Waals surface area contributed by atoms with Crippen molar-refractivity contribution in [1.82, 2.24) is 29.8 Å². The lowest BCUT2D eigenvalue weighted by Gasteiger charge is -2.34. The minimum atomic E-state index is -4.76. The van der Waals surface area contributed by atoms with Crippen molar-refractivity contribution in [3.63, 3.8) is 0 Å². The number of halogens is 3. The van der Waals surface area contributed by atoms with Crippen LogP contribution < -0.4 is 10.3 Å². The van der Waals surface area contributed by atoms with E-state index in [1.54, 1.807) is 11.0 Å². The van der Waals surface area contributed by atoms with Crippen molar-refractivity contribution in [2.45, 2.75) is 52.2 Å². The lowest BCUT2D eigenvalue weighted by Crippen LogP contribution is -2.48. The molecule has 1 saturated heterocycles. The third kappa shape index (κ3) is 5.05. The molecule has 0 spiro atoms. The summed E-state index contributed by atoms with van der Waals surface area (Å²) in [6.07, 6.45) is -6.17. The van der Waals surface area contributed by atoms with Crippen LogP contribution in [0, 0.1) is 6.92 Å². The molecule has 4 aromatic heterocycles. The summed E-state index contributed by atoms with van der Waals surface area (Å²) in [5, 5.41) is 0.247. The molecule has 0 radical (unpaired) electrons. The molecule has 1 aliphatic rings. The van der Waals surface area contributed by atoms with Crippen LogP contribution in [0.1, 0.15) is 53.8 Å². The second-order valence-electron chi connectivity index (χ2n) is 9.16. The maximum atomic E-state index is 13.9. The predicted octanol–water partition coefficient (Wildman–Crippen LogP) is 4.04. The van der Waals surface area contributed by atoms with Crippen molar-refractivity contribution in [3.8, 4) is 5.88 Å². The molecule has 200 valence electrons. The van der Waals surface area contributed by atoms with Gasteiger partial charge in [0.25, 0.3) is 11.5 Å². The summed E-state index contributed by atoms with van der Waals surface area (Å²) < 4.78 is 53.1. The maximum absolute atomic E-state index is 13.9. The summed E-state index contributed by atoms with van der Waals surface area (Å²) in [5.74, 6) is -0.0469. The second-order valence-corrected chi connectivity index (χ2v) is 10.1. The zero-order valence-corrected chi connectivity index (χ0v) is 21.6. The van der Waals surface area contributed by atoms with E-state index in [1.165, 1.54) is 19.9 Å². The number of hydrogen-bond donors (Lipinski definition) is 1. The zero-order valence-electron chi connectivity index (χ0n) is 20.8. The van der Waals surface area contributed by atoms with Crippen LogP contribution in [0.15, 0.2) is 23.0 Å². The Morgan fingerprint density at radius 3 is 2.55 bits per heavy atom. The number of aromatic nitrogens is 5. The predicted molar refractivity (Wildman–Crippen MR) is 132 cm³/mol. The van der Waals surface area contributed by atoms with Crippen LogP contribution >= 0.6 is 11.3 Å². The Bertz CT molecular complexity index is 1590. The molecule has 5 heterocycles. The third-order valence-corrected chi connectivity index (χ3v) is 6.89. The zero-order chi connectivity index (χ0) is 27.4. The van der Waals surface area contributed by atoms with Gasteiger partial charge in [0.1, 0.15) is 22.3 Å². The van der Waals surface area contributed by atoms with E-state index in [0.717, 1.165) is 17.4 Å². The number of hydrogen-bond acceptors (Lipinski definition) is 9. The third-order valence-electron chi connectivity index (χ3n) is 5.94. The van der Waals surface area contributed by atoms with Crippen molar-refractivity contribution in [3.05, 3.63) is 50.6 Å². The van der Waals surface area contributed by atoms with Crippen LogP contribution in [-0.2, 0) is 10.9 Å². The van der Waals surface area contributed by atoms with Crippen LogP contribution in [0.3, 0.4) is 0 Å². The van der Waals surface area contributed by atoms with Gasteiger partial charge < -0.3 is 19.4 Å². The molecule has 14 heteroatoms. The van der Waals surface area contributed by atoms with E-state index in [1.807, 2.05) is 13.8 Å². The Hall–Kier alpha value is -3.65. The first-order valence-electron chi connectivity index (χ1n) is 11.8. The first kappa shape index (κ1) is 26.0. The minimum absolute atomic E-state index is 0.0206. The van der Waals surface area contributed by atoms with Crippen LogP contribution in [-0.4, -0.2) is 61.0 Å². The molecule has 4 aromatic rings. The van der Waals surface area contributed by atoms with Gasteiger partial charge in [0, 0.05) is 19.2 Å². The molecule has 1 aliphatic heterocycles. The summed E-state index contributed by atoms with van der Waals surface area (Å²) in [7, 11) is 0. The maximum Gasteiger partial charge on any atom is 0.418 e. The molecule has 3 atom stereocenters. The van der Waals surface area contributed by atoms with Crippen molar-refractivity contribution in [2.24, 2.45) is 0 Å². The number of H-pyrrole nitrogens is 1. The number of alkyl halides is 3. The number of rotatable bonds is 4. The number of nitrogens with one attached hydrogen (secondary N) is 1. The molecular formula is C24H23F3N6O4S. The van der Waals surface area contributed by atoms with E-state index < -0.39 is 29.1 Å². The summed E-state index contributed by atoms with van der Waals surface area (Å²) in [5.41, 5.74) is -2.12. The number of fused-ring (bicyclic) bond motifs is 2. The minimum Gasteiger partial charge on any atom is -0.468 e. The highest BCUT2D eigenvalue weighted by atomic mass is 32.1. The fourth-order valence-electron chi connectivity index (χ4n) is 4.41. The molecule has 1 unspecified atom stereocenters. The highest BCUT2D eigenvalue weighted by Crippen LogP contribution is 2.36. The highest BCUT2D eigenvalue weighted by molar-refractivity contribution is 7.19. The fraction of sp³-hybridized carbons (Fsp3) is 0.417. The summed E-state index contributed by atoms with van der Waals surface area (Å²) in [4.78, 5) is 46.5. The van der Waals surface area contributed by atoms with Gasteiger partial charge in [-0.05, 0) is 39.8 Å². The van der Waals surface area contributed by atoms with E-state index >= 15 is 0 Å². The second kappa shape index (κ2) is 9.58. The Balaban J connectivity index is 1.44. The van der Waals surface area contributed by atoms with E-state index in [2.05, 4.69) is 24.9 Å². The van der Waals surface area contributed by atoms with Gasteiger partial charge in [0.15, 0.2) is 10.5 Å². The number of thiazole rings is 1. The number of aromatic amines is 1. The summed E-state index contributed by atoms with van der Waals surface area (Å²) in [6, 6.07) is 3.83. The molecule has 1 fully saturated rings. The first-order chi connectivity index (χ1) is 17.9. The van der Waals surface area contributed by atoms with Gasteiger partial charge in [0.05, 0.1) is 29.0 Å². The standard InChI is InChI=1S/C24H23F3N6O4S/c1-10-8-33(9-11(2)36-10)23(35)22-30-15-5-6-17(31-21(15)38-22)37-12(3)18-14(24(25,26)27)7-16-19(32-18)20(34)29-13(4)28-16/h5-7,10-12H,8-9H2,1-4H3,(H,28,29,34)/t10-,11+,12?. The summed E-state index contributed by atoms with van der Waals surface area (Å²) >= 11 is 1.07. The van der Waals surface area contributed by atoms with Crippen LogP contribution in [0.4, 0.5) is 13.2 Å². The average molecular weight is 549 g/mol. The topological polar surface area (TPSA) is 123 Å². The van der Waals surface area contributed by atoms with Gasteiger partial charge in [0.2, 0.25) is 5.88 Å². The largest absolute Gasteiger partial charge is 0.468 e. The van der Waals surface area contributed by atoms with Crippen molar-refractivity contribution in [2.75, 3.05) is 13.1 Å². The number of ether oxygens (including phenoxy) is 2. The van der Waals surface area contributed by atoms with Gasteiger partial charge in [-0.25, -0.2) is 19.9 Å². The van der Waals surface area contributed by atoms with E-state index in [0.29, 0.717) is 23.4 Å². The molecule has 0 aliphatic carbocycles. The molecule has 1 amide bonds. The Morgan fingerprint density at radius 1 is 1.16 bits per heavy atom. The normalized spacial score (nSPS) is 19.2. The van der Waals surface area contributed by atoms with Crippen LogP contribution in [0.25, 0.3) is 21.4 Å². The van der Waals surface area contributed by atoms with Gasteiger partial charge >= 0.3 is 6.18 Å². The Kier molecular flexibility index (Phi) is 6.55. The molecule has 0 saturated carbocycles. The van der Waals surface area contributed by atoms with Gasteiger partial charge in [-0.3, -0.25) is 9.59 Å². The Morgan fingerprint density at radius 2 is 1.87 bits per heavy atom. The quantitative estimate of drug-likeness (QED) is 0.405. The smallest absolute Gasteiger partial charge is 0.418 e. The first-order valence-corrected chi connectivity index (χ1v) is 12.6. The van der Waals surface area contributed by atoms with E-state index in [-0.39, 0.29) is 45.9 Å². The van der Waals surface area contributed by atoms with Crippen LogP contribution in [0.5, 0.6) is 5.88 Å². The number of carbonyl (C=O) groups is 1. The number of carbonyl (C=O) groups excluding carboxylic acids is 1. The number of morpholine rings is 1. The fourth-order valence-corrected chi connectivity index (χ4v) is 5.31. The van der Waals surface area contributed by atoms with Gasteiger partial charge in [-0.2, -0.15) is 13.2 Å². The van der Waals surface area contributed by atoms with Crippen molar-refractivity contribution in [1.29, 1.82) is 0 Å².